The van der Waals surface area contributed by atoms with E-state index in [2.05, 4.69) is 4.90 Å². The van der Waals surface area contributed by atoms with Gasteiger partial charge in [0, 0.05) is 11.6 Å². The Balaban J connectivity index is 1.54. The molecular weight excluding hydrogens is 380 g/mol. The Morgan fingerprint density at radius 3 is 2.33 bits per heavy atom. The number of para-hydroxylation sites is 1. The molecule has 4 atom stereocenters. The van der Waals surface area contributed by atoms with E-state index in [4.69, 9.17) is 4.74 Å². The Bertz CT molecular complexity index is 988. The zero-order valence-electron chi connectivity index (χ0n) is 16.9. The lowest BCUT2D eigenvalue weighted by atomic mass is 9.85. The zero-order chi connectivity index (χ0) is 20.8. The Morgan fingerprint density at radius 1 is 0.933 bits per heavy atom. The van der Waals surface area contributed by atoms with E-state index in [0.29, 0.717) is 17.0 Å². The molecule has 0 aliphatic carbocycles. The second kappa shape index (κ2) is 7.36. The van der Waals surface area contributed by atoms with Crippen molar-refractivity contribution in [3.05, 3.63) is 60.2 Å². The molecule has 6 nitrogen and oxygen atoms in total. The van der Waals surface area contributed by atoms with Crippen LogP contribution < -0.4 is 9.64 Å². The van der Waals surface area contributed by atoms with Crippen LogP contribution in [0.2, 0.25) is 0 Å². The smallest absolute Gasteiger partial charge is 0.239 e. The Kier molecular flexibility index (Phi) is 4.66. The third-order valence-corrected chi connectivity index (χ3v) is 6.76. The van der Waals surface area contributed by atoms with Gasteiger partial charge in [-0.15, -0.1) is 0 Å². The summed E-state index contributed by atoms with van der Waals surface area (Å²) in [5.74, 6) is -0.918. The summed E-state index contributed by atoms with van der Waals surface area (Å²) in [5, 5.41) is 0. The van der Waals surface area contributed by atoms with Crippen LogP contribution >= 0.6 is 0 Å². The highest BCUT2D eigenvalue weighted by molar-refractivity contribution is 6.24. The van der Waals surface area contributed by atoms with Crippen molar-refractivity contribution in [2.24, 2.45) is 11.8 Å². The van der Waals surface area contributed by atoms with Crippen LogP contribution in [0, 0.1) is 11.8 Å². The first-order valence-corrected chi connectivity index (χ1v) is 10.5. The maximum Gasteiger partial charge on any atom is 0.239 e. The van der Waals surface area contributed by atoms with Crippen LogP contribution in [0.1, 0.15) is 29.6 Å². The summed E-state index contributed by atoms with van der Waals surface area (Å²) in [5.41, 5.74) is 1.13. The predicted molar refractivity (Wildman–Crippen MR) is 111 cm³/mol. The molecule has 154 valence electrons. The first-order chi connectivity index (χ1) is 14.6. The molecule has 0 N–H and O–H groups in total. The number of fused-ring (bicyclic) bond motifs is 3. The lowest BCUT2D eigenvalue weighted by molar-refractivity contribution is -0.124. The SMILES string of the molecule is COc1ccc(C(=O)[C@@H]2[C@H]3C(=O)N(c4ccccc4)C(=O)[C@H]3[C@H]3CCCCN32)cc1. The minimum atomic E-state index is -0.629. The molecule has 3 saturated heterocycles. The molecule has 3 heterocycles. The summed E-state index contributed by atoms with van der Waals surface area (Å²) in [6.45, 7) is 0.746. The highest BCUT2D eigenvalue weighted by Gasteiger charge is 2.64. The van der Waals surface area contributed by atoms with Crippen LogP contribution in [0.4, 0.5) is 5.69 Å². The van der Waals surface area contributed by atoms with Gasteiger partial charge in [-0.2, -0.15) is 0 Å². The number of hydrogen-bond donors (Lipinski definition) is 0. The largest absolute Gasteiger partial charge is 0.497 e. The minimum absolute atomic E-state index is 0.0545. The molecule has 2 amide bonds. The standard InChI is InChI=1S/C24H24N2O4/c1-30-17-12-10-15(11-13-17)22(27)21-20-19(18-9-5-6-14-25(18)21)23(28)26(24(20)29)16-7-3-2-4-8-16/h2-4,7-8,10-13,18-21H,5-6,9,14H2,1H3/t18-,19+,20+,21+/m1/s1. The van der Waals surface area contributed by atoms with Gasteiger partial charge < -0.3 is 4.74 Å². The van der Waals surface area contributed by atoms with Gasteiger partial charge in [-0.05, 0) is 55.8 Å². The molecule has 0 spiro atoms. The van der Waals surface area contributed by atoms with Crippen molar-refractivity contribution in [2.75, 3.05) is 18.6 Å². The van der Waals surface area contributed by atoms with Gasteiger partial charge >= 0.3 is 0 Å². The van der Waals surface area contributed by atoms with Crippen molar-refractivity contribution in [1.29, 1.82) is 0 Å². The minimum Gasteiger partial charge on any atom is -0.497 e. The Hall–Kier alpha value is -2.99. The van der Waals surface area contributed by atoms with Gasteiger partial charge in [0.2, 0.25) is 11.8 Å². The van der Waals surface area contributed by atoms with Crippen molar-refractivity contribution >= 4 is 23.3 Å². The Labute approximate surface area is 175 Å². The van der Waals surface area contributed by atoms with Gasteiger partial charge in [0.25, 0.3) is 0 Å². The van der Waals surface area contributed by atoms with Crippen LogP contribution in [0.25, 0.3) is 0 Å². The monoisotopic (exact) mass is 404 g/mol. The van der Waals surface area contributed by atoms with E-state index in [-0.39, 0.29) is 23.6 Å². The lowest BCUT2D eigenvalue weighted by Crippen LogP contribution is -2.49. The predicted octanol–water partition coefficient (Wildman–Crippen LogP) is 2.92. The van der Waals surface area contributed by atoms with E-state index in [0.717, 1.165) is 25.8 Å². The first-order valence-electron chi connectivity index (χ1n) is 10.5. The van der Waals surface area contributed by atoms with Crippen LogP contribution in [-0.4, -0.2) is 48.2 Å². The van der Waals surface area contributed by atoms with Gasteiger partial charge in [-0.25, -0.2) is 4.90 Å². The topological polar surface area (TPSA) is 66.9 Å². The summed E-state index contributed by atoms with van der Waals surface area (Å²) < 4.78 is 5.20. The number of Topliss-reactive ketones (excluding diaryl/α,β-unsaturated/α-hetero) is 1. The molecule has 6 heteroatoms. The average Bonchev–Trinajstić information content (AvgIpc) is 3.26. The summed E-state index contributed by atoms with van der Waals surface area (Å²) in [6.07, 6.45) is 2.84. The third-order valence-electron chi connectivity index (χ3n) is 6.76. The second-order valence-corrected chi connectivity index (χ2v) is 8.24. The van der Waals surface area contributed by atoms with Gasteiger partial charge in [0.05, 0.1) is 30.7 Å². The molecular formula is C24H24N2O4. The maximum atomic E-state index is 13.6. The highest BCUT2D eigenvalue weighted by atomic mass is 16.5. The number of carbonyl (C=O) groups excluding carboxylic acids is 3. The normalized spacial score (nSPS) is 28.4. The fraction of sp³-hybridized carbons (Fsp3) is 0.375. The van der Waals surface area contributed by atoms with E-state index >= 15 is 0 Å². The molecule has 0 aromatic heterocycles. The number of hydrogen-bond acceptors (Lipinski definition) is 5. The van der Waals surface area contributed by atoms with Gasteiger partial charge in [-0.3, -0.25) is 19.3 Å². The highest BCUT2D eigenvalue weighted by Crippen LogP contribution is 2.47. The van der Waals surface area contributed by atoms with E-state index < -0.39 is 17.9 Å². The molecule has 3 aliphatic rings. The molecule has 2 aromatic carbocycles. The van der Waals surface area contributed by atoms with Crippen LogP contribution in [0.5, 0.6) is 5.75 Å². The number of methoxy groups -OCH3 is 1. The Morgan fingerprint density at radius 2 is 1.63 bits per heavy atom. The fourth-order valence-electron chi connectivity index (χ4n) is 5.44. The van der Waals surface area contributed by atoms with Crippen molar-refractivity contribution in [3.8, 4) is 5.75 Å². The summed E-state index contributed by atoms with van der Waals surface area (Å²) in [4.78, 5) is 43.9. The summed E-state index contributed by atoms with van der Waals surface area (Å²) in [6, 6.07) is 15.4. The molecule has 0 radical (unpaired) electrons. The van der Waals surface area contributed by atoms with Crippen molar-refractivity contribution in [1.82, 2.24) is 4.90 Å². The molecule has 2 aromatic rings. The second-order valence-electron chi connectivity index (χ2n) is 8.24. The van der Waals surface area contributed by atoms with Crippen molar-refractivity contribution in [2.45, 2.75) is 31.3 Å². The van der Waals surface area contributed by atoms with E-state index in [1.54, 1.807) is 43.5 Å². The molecule has 3 aliphatic heterocycles. The number of carbonyl (C=O) groups is 3. The number of imide groups is 1. The first kappa shape index (κ1) is 19.0. The number of ketones is 1. The summed E-state index contributed by atoms with van der Waals surface area (Å²) >= 11 is 0. The number of piperidine rings is 1. The number of benzene rings is 2. The quantitative estimate of drug-likeness (QED) is 0.579. The average molecular weight is 404 g/mol. The van der Waals surface area contributed by atoms with Crippen LogP contribution in [0.3, 0.4) is 0 Å². The van der Waals surface area contributed by atoms with E-state index in [1.807, 2.05) is 18.2 Å². The lowest BCUT2D eigenvalue weighted by Gasteiger charge is -2.36. The van der Waals surface area contributed by atoms with Gasteiger partial charge in [-0.1, -0.05) is 24.6 Å². The number of rotatable bonds is 4. The number of amides is 2. The number of ether oxygens (including phenoxy) is 1. The van der Waals surface area contributed by atoms with E-state index in [1.165, 1.54) is 4.90 Å². The molecule has 0 saturated carbocycles. The molecule has 5 rings (SSSR count). The summed E-state index contributed by atoms with van der Waals surface area (Å²) in [7, 11) is 1.58. The number of anilines is 1. The number of nitrogens with zero attached hydrogens (tertiary/aromatic N) is 2. The molecule has 0 bridgehead atoms. The van der Waals surface area contributed by atoms with Gasteiger partial charge in [0.15, 0.2) is 5.78 Å². The van der Waals surface area contributed by atoms with E-state index in [9.17, 15) is 14.4 Å². The van der Waals surface area contributed by atoms with Crippen molar-refractivity contribution in [3.63, 3.8) is 0 Å². The molecule has 0 unspecified atom stereocenters. The molecule has 3 fully saturated rings. The third kappa shape index (κ3) is 2.78. The maximum absolute atomic E-state index is 13.6. The van der Waals surface area contributed by atoms with Crippen LogP contribution in [-0.2, 0) is 9.59 Å². The fourth-order valence-corrected chi connectivity index (χ4v) is 5.44. The van der Waals surface area contributed by atoms with Crippen molar-refractivity contribution < 1.29 is 19.1 Å². The van der Waals surface area contributed by atoms with Gasteiger partial charge in [0.1, 0.15) is 5.75 Å². The zero-order valence-corrected chi connectivity index (χ0v) is 16.9. The van der Waals surface area contributed by atoms with Crippen LogP contribution in [0.15, 0.2) is 54.6 Å². The molecule has 30 heavy (non-hydrogen) atoms.